The maximum Gasteiger partial charge on any atom is 0.200 e. The molecule has 2 rings (SSSR count). The number of hydrogen-bond acceptors (Lipinski definition) is 6. The molecule has 0 heterocycles. The molecule has 6 N–H and O–H groups in total. The molecule has 0 saturated carbocycles. The monoisotopic (exact) mass is 266 g/mol. The SMILES string of the molecule is Cc1cc(O)c(O)c(O)c1.Oc1cccc(O)c1O. The molecule has 0 amide bonds. The third kappa shape index (κ3) is 3.60. The Morgan fingerprint density at radius 2 is 1.00 bits per heavy atom. The van der Waals surface area contributed by atoms with Crippen LogP contribution in [0.5, 0.6) is 34.5 Å². The molecule has 102 valence electrons. The second-order valence-electron chi connectivity index (χ2n) is 3.80. The average Bonchev–Trinajstić information content (AvgIpc) is 2.33. The minimum atomic E-state index is -0.475. The molecule has 2 aromatic carbocycles. The summed E-state index contributed by atoms with van der Waals surface area (Å²) in [5.41, 5.74) is 0.702. The average molecular weight is 266 g/mol. The highest BCUT2D eigenvalue weighted by Crippen LogP contribution is 2.34. The maximum absolute atomic E-state index is 8.87. The van der Waals surface area contributed by atoms with Crippen molar-refractivity contribution in [3.8, 4) is 34.5 Å². The van der Waals surface area contributed by atoms with E-state index in [-0.39, 0.29) is 23.0 Å². The van der Waals surface area contributed by atoms with Crippen LogP contribution in [-0.4, -0.2) is 30.6 Å². The highest BCUT2D eigenvalue weighted by atomic mass is 16.3. The molecule has 19 heavy (non-hydrogen) atoms. The fourth-order valence-corrected chi connectivity index (χ4v) is 1.26. The van der Waals surface area contributed by atoms with E-state index in [9.17, 15) is 0 Å². The van der Waals surface area contributed by atoms with Gasteiger partial charge in [-0.25, -0.2) is 0 Å². The van der Waals surface area contributed by atoms with Gasteiger partial charge >= 0.3 is 0 Å². The Morgan fingerprint density at radius 1 is 0.632 bits per heavy atom. The van der Waals surface area contributed by atoms with Crippen LogP contribution >= 0.6 is 0 Å². The van der Waals surface area contributed by atoms with E-state index in [0.717, 1.165) is 0 Å². The molecule has 2 aromatic rings. The molecule has 0 unspecified atom stereocenters. The first kappa shape index (κ1) is 14.3. The first-order valence-corrected chi connectivity index (χ1v) is 5.24. The lowest BCUT2D eigenvalue weighted by molar-refractivity contribution is 0.367. The van der Waals surface area contributed by atoms with Gasteiger partial charge in [-0.05, 0) is 36.8 Å². The van der Waals surface area contributed by atoms with Gasteiger partial charge in [-0.3, -0.25) is 0 Å². The second-order valence-corrected chi connectivity index (χ2v) is 3.80. The van der Waals surface area contributed by atoms with Gasteiger partial charge in [0.1, 0.15) is 0 Å². The number of para-hydroxylation sites is 1. The third-order valence-electron chi connectivity index (χ3n) is 2.21. The number of hydrogen-bond donors (Lipinski definition) is 6. The zero-order chi connectivity index (χ0) is 14.6. The van der Waals surface area contributed by atoms with Gasteiger partial charge in [-0.1, -0.05) is 6.07 Å². The smallest absolute Gasteiger partial charge is 0.200 e. The number of phenols is 6. The topological polar surface area (TPSA) is 121 Å². The molecule has 0 bridgehead atoms. The largest absolute Gasteiger partial charge is 0.504 e. The Hall–Kier alpha value is -2.76. The Bertz CT molecular complexity index is 536. The van der Waals surface area contributed by atoms with E-state index >= 15 is 0 Å². The lowest BCUT2D eigenvalue weighted by Crippen LogP contribution is -1.74. The van der Waals surface area contributed by atoms with Crippen molar-refractivity contribution in [2.75, 3.05) is 0 Å². The predicted octanol–water partition coefficient (Wildman–Crippen LogP) is 1.92. The summed E-state index contributed by atoms with van der Waals surface area (Å²) in [5.74, 6) is -2.15. The van der Waals surface area contributed by atoms with Gasteiger partial charge in [0, 0.05) is 0 Å². The zero-order valence-corrected chi connectivity index (χ0v) is 10.1. The first-order valence-electron chi connectivity index (χ1n) is 5.24. The molecule has 0 saturated heterocycles. The van der Waals surface area contributed by atoms with Crippen molar-refractivity contribution in [1.29, 1.82) is 0 Å². The molecule has 0 aromatic heterocycles. The van der Waals surface area contributed by atoms with Crippen molar-refractivity contribution in [3.63, 3.8) is 0 Å². The second kappa shape index (κ2) is 5.72. The number of aryl methyl sites for hydroxylation is 1. The Labute approximate surface area is 109 Å². The molecule has 0 spiro atoms. The van der Waals surface area contributed by atoms with Crippen LogP contribution in [0.15, 0.2) is 30.3 Å². The van der Waals surface area contributed by atoms with Crippen LogP contribution in [0, 0.1) is 6.92 Å². The molecule has 0 aliphatic rings. The molecular formula is C13H14O6. The summed E-state index contributed by atoms with van der Waals surface area (Å²) >= 11 is 0. The first-order chi connectivity index (χ1) is 8.82. The zero-order valence-electron chi connectivity index (χ0n) is 10.1. The number of phenolic OH excluding ortho intramolecular Hbond substituents is 6. The van der Waals surface area contributed by atoms with Crippen molar-refractivity contribution in [2.24, 2.45) is 0 Å². The van der Waals surface area contributed by atoms with Crippen LogP contribution in [0.3, 0.4) is 0 Å². The summed E-state index contributed by atoms with van der Waals surface area (Å²) in [7, 11) is 0. The highest BCUT2D eigenvalue weighted by Gasteiger charge is 2.04. The van der Waals surface area contributed by atoms with E-state index < -0.39 is 11.5 Å². The summed E-state index contributed by atoms with van der Waals surface area (Å²) in [6, 6.07) is 6.75. The Morgan fingerprint density at radius 3 is 1.37 bits per heavy atom. The quantitative estimate of drug-likeness (QED) is 0.405. The van der Waals surface area contributed by atoms with Crippen molar-refractivity contribution < 1.29 is 30.6 Å². The van der Waals surface area contributed by atoms with Crippen molar-refractivity contribution in [1.82, 2.24) is 0 Å². The molecular weight excluding hydrogens is 252 g/mol. The predicted molar refractivity (Wildman–Crippen MR) is 67.6 cm³/mol. The van der Waals surface area contributed by atoms with Gasteiger partial charge in [0.25, 0.3) is 0 Å². The van der Waals surface area contributed by atoms with Crippen LogP contribution in [0.1, 0.15) is 5.56 Å². The summed E-state index contributed by atoms with van der Waals surface area (Å²) in [6.45, 7) is 1.71. The van der Waals surface area contributed by atoms with Crippen molar-refractivity contribution >= 4 is 0 Å². The minimum absolute atomic E-state index is 0.294. The lowest BCUT2D eigenvalue weighted by atomic mass is 10.2. The van der Waals surface area contributed by atoms with Crippen LogP contribution in [0.25, 0.3) is 0 Å². The van der Waals surface area contributed by atoms with E-state index in [4.69, 9.17) is 30.6 Å². The molecule has 0 fully saturated rings. The number of aromatic hydroxyl groups is 6. The molecule has 0 aliphatic carbocycles. The van der Waals surface area contributed by atoms with Gasteiger partial charge in [-0.2, -0.15) is 0 Å². The molecule has 0 aliphatic heterocycles. The van der Waals surface area contributed by atoms with Crippen LogP contribution < -0.4 is 0 Å². The van der Waals surface area contributed by atoms with E-state index in [0.29, 0.717) is 5.56 Å². The number of benzene rings is 2. The normalized spacial score (nSPS) is 9.53. The van der Waals surface area contributed by atoms with Gasteiger partial charge in [0.05, 0.1) is 0 Å². The lowest BCUT2D eigenvalue weighted by Gasteiger charge is -2.00. The van der Waals surface area contributed by atoms with Gasteiger partial charge < -0.3 is 30.6 Å². The van der Waals surface area contributed by atoms with E-state index in [2.05, 4.69) is 0 Å². The van der Waals surface area contributed by atoms with E-state index in [1.807, 2.05) is 0 Å². The fourth-order valence-electron chi connectivity index (χ4n) is 1.26. The molecule has 6 heteroatoms. The van der Waals surface area contributed by atoms with Crippen LogP contribution in [-0.2, 0) is 0 Å². The molecule has 6 nitrogen and oxygen atoms in total. The summed E-state index contributed by atoms with van der Waals surface area (Å²) in [4.78, 5) is 0. The van der Waals surface area contributed by atoms with Gasteiger partial charge in [-0.15, -0.1) is 0 Å². The highest BCUT2D eigenvalue weighted by molar-refractivity contribution is 5.50. The van der Waals surface area contributed by atoms with Crippen LogP contribution in [0.4, 0.5) is 0 Å². The minimum Gasteiger partial charge on any atom is -0.504 e. The standard InChI is InChI=1S/C7H8O3.C6H6O3/c1-4-2-5(8)7(10)6(9)3-4;7-4-2-1-3-5(8)6(4)9/h2-3,8-10H,1H3;1-3,7-9H. The van der Waals surface area contributed by atoms with E-state index in [1.165, 1.54) is 30.3 Å². The van der Waals surface area contributed by atoms with Crippen LogP contribution in [0.2, 0.25) is 0 Å². The third-order valence-corrected chi connectivity index (χ3v) is 2.21. The molecule has 0 atom stereocenters. The molecule has 0 radical (unpaired) electrons. The number of rotatable bonds is 0. The van der Waals surface area contributed by atoms with E-state index in [1.54, 1.807) is 6.92 Å². The Kier molecular flexibility index (Phi) is 4.31. The summed E-state index contributed by atoms with van der Waals surface area (Å²) in [6.07, 6.45) is 0. The maximum atomic E-state index is 8.87. The van der Waals surface area contributed by atoms with Gasteiger partial charge in [0.2, 0.25) is 0 Å². The van der Waals surface area contributed by atoms with Crippen molar-refractivity contribution in [2.45, 2.75) is 6.92 Å². The summed E-state index contributed by atoms with van der Waals surface area (Å²) < 4.78 is 0. The van der Waals surface area contributed by atoms with Gasteiger partial charge in [0.15, 0.2) is 34.5 Å². The fraction of sp³-hybridized carbons (Fsp3) is 0.0769. The summed E-state index contributed by atoms with van der Waals surface area (Å²) in [5, 5.41) is 52.7. The van der Waals surface area contributed by atoms with Crippen molar-refractivity contribution in [3.05, 3.63) is 35.9 Å². The Balaban J connectivity index is 0.000000191.